The van der Waals surface area contributed by atoms with Crippen molar-refractivity contribution < 1.29 is 14.3 Å². The van der Waals surface area contributed by atoms with Gasteiger partial charge in [0.15, 0.2) is 6.61 Å². The summed E-state index contributed by atoms with van der Waals surface area (Å²) in [5.41, 5.74) is 1.73. The Morgan fingerprint density at radius 1 is 1.03 bits per heavy atom. The molecule has 2 amide bonds. The van der Waals surface area contributed by atoms with Crippen LogP contribution in [0.1, 0.15) is 45.2 Å². The van der Waals surface area contributed by atoms with Crippen molar-refractivity contribution in [3.8, 4) is 5.75 Å². The summed E-state index contributed by atoms with van der Waals surface area (Å²) in [6.07, 6.45) is 1.21. The van der Waals surface area contributed by atoms with Gasteiger partial charge in [-0.05, 0) is 57.7 Å². The van der Waals surface area contributed by atoms with Gasteiger partial charge < -0.3 is 15.0 Å². The van der Waals surface area contributed by atoms with Crippen LogP contribution in [0.2, 0.25) is 0 Å². The quantitative estimate of drug-likeness (QED) is 0.676. The molecule has 1 N–H and O–H groups in total. The molecule has 0 saturated heterocycles. The highest BCUT2D eigenvalue weighted by Crippen LogP contribution is 2.17. The highest BCUT2D eigenvalue weighted by Gasteiger charge is 2.30. The number of rotatable bonds is 9. The van der Waals surface area contributed by atoms with Gasteiger partial charge in [-0.15, -0.1) is 0 Å². The van der Waals surface area contributed by atoms with Gasteiger partial charge in [-0.3, -0.25) is 9.59 Å². The first-order valence-electron chi connectivity index (χ1n) is 10.5. The summed E-state index contributed by atoms with van der Waals surface area (Å²) in [6, 6.07) is 17.0. The second-order valence-corrected chi connectivity index (χ2v) is 8.54. The molecular weight excluding hydrogens is 376 g/mol. The molecule has 0 fully saturated rings. The third-order valence-electron chi connectivity index (χ3n) is 4.81. The summed E-state index contributed by atoms with van der Waals surface area (Å²) in [4.78, 5) is 27.7. The molecular formula is C25H34N2O3. The lowest BCUT2D eigenvalue weighted by atomic mass is 10.1. The number of carbonyl (C=O) groups is 2. The Morgan fingerprint density at radius 2 is 1.67 bits per heavy atom. The molecule has 30 heavy (non-hydrogen) atoms. The van der Waals surface area contributed by atoms with E-state index in [1.165, 1.54) is 0 Å². The number of hydrogen-bond donors (Lipinski definition) is 1. The summed E-state index contributed by atoms with van der Waals surface area (Å²) in [5.74, 6) is 0.355. The molecule has 5 heteroatoms. The molecule has 0 aliphatic carbocycles. The average Bonchev–Trinajstić information content (AvgIpc) is 2.69. The van der Waals surface area contributed by atoms with Crippen LogP contribution in [0.4, 0.5) is 0 Å². The van der Waals surface area contributed by atoms with Gasteiger partial charge in [0.25, 0.3) is 5.91 Å². The van der Waals surface area contributed by atoms with Crippen LogP contribution in [0.5, 0.6) is 5.75 Å². The number of carbonyl (C=O) groups excluding carboxylic acids is 2. The topological polar surface area (TPSA) is 58.6 Å². The Bertz CT molecular complexity index is 828. The molecule has 2 rings (SSSR count). The molecule has 2 aromatic carbocycles. The summed E-state index contributed by atoms with van der Waals surface area (Å²) >= 11 is 0. The van der Waals surface area contributed by atoms with Crippen LogP contribution >= 0.6 is 0 Å². The van der Waals surface area contributed by atoms with Gasteiger partial charge >= 0.3 is 0 Å². The van der Waals surface area contributed by atoms with Crippen molar-refractivity contribution in [2.45, 2.75) is 59.0 Å². The highest BCUT2D eigenvalue weighted by atomic mass is 16.5. The monoisotopic (exact) mass is 410 g/mol. The maximum Gasteiger partial charge on any atom is 0.261 e. The predicted octanol–water partition coefficient (Wildman–Crippen LogP) is 4.14. The van der Waals surface area contributed by atoms with Crippen molar-refractivity contribution in [3.05, 3.63) is 65.7 Å². The Labute approximate surface area is 180 Å². The van der Waals surface area contributed by atoms with Crippen LogP contribution in [-0.2, 0) is 16.0 Å². The van der Waals surface area contributed by atoms with E-state index < -0.39 is 6.04 Å². The SMILES string of the molecule is CCC(C(=O)NC(C)(C)C)N(CCc1ccccc1)C(=O)COc1ccccc1C. The van der Waals surface area contributed by atoms with E-state index in [9.17, 15) is 9.59 Å². The van der Waals surface area contributed by atoms with E-state index >= 15 is 0 Å². The largest absolute Gasteiger partial charge is 0.484 e. The van der Waals surface area contributed by atoms with E-state index in [-0.39, 0.29) is 24.0 Å². The standard InChI is InChI=1S/C25H34N2O3/c1-6-21(24(29)26-25(3,4)5)27(17-16-20-13-8-7-9-14-20)23(28)18-30-22-15-11-10-12-19(22)2/h7-15,21H,6,16-18H2,1-5H3,(H,26,29). The lowest BCUT2D eigenvalue weighted by Gasteiger charge is -2.33. The first kappa shape index (κ1) is 23.5. The van der Waals surface area contributed by atoms with Gasteiger partial charge in [0, 0.05) is 12.1 Å². The van der Waals surface area contributed by atoms with Gasteiger partial charge in [0.05, 0.1) is 0 Å². The van der Waals surface area contributed by atoms with Crippen LogP contribution in [0, 0.1) is 6.92 Å². The van der Waals surface area contributed by atoms with Gasteiger partial charge in [0.2, 0.25) is 5.91 Å². The minimum Gasteiger partial charge on any atom is -0.484 e. The second kappa shape index (κ2) is 10.8. The van der Waals surface area contributed by atoms with E-state index in [1.54, 1.807) is 4.90 Å². The molecule has 0 saturated carbocycles. The number of benzene rings is 2. The molecule has 0 aliphatic rings. The Kier molecular flexibility index (Phi) is 8.46. The summed E-state index contributed by atoms with van der Waals surface area (Å²) < 4.78 is 5.78. The minimum absolute atomic E-state index is 0.0983. The van der Waals surface area contributed by atoms with Crippen molar-refractivity contribution in [2.75, 3.05) is 13.2 Å². The number of aryl methyl sites for hydroxylation is 1. The lowest BCUT2D eigenvalue weighted by Crippen LogP contribution is -2.54. The Balaban J connectivity index is 2.16. The number of ether oxygens (including phenoxy) is 1. The van der Waals surface area contributed by atoms with Gasteiger partial charge in [-0.25, -0.2) is 0 Å². The number of nitrogens with zero attached hydrogens (tertiary/aromatic N) is 1. The van der Waals surface area contributed by atoms with Crippen LogP contribution in [0.15, 0.2) is 54.6 Å². The molecule has 0 aliphatic heterocycles. The molecule has 0 radical (unpaired) electrons. The Hall–Kier alpha value is -2.82. The fraction of sp³-hybridized carbons (Fsp3) is 0.440. The third kappa shape index (κ3) is 7.21. The maximum atomic E-state index is 13.1. The van der Waals surface area contributed by atoms with Gasteiger partial charge in [0.1, 0.15) is 11.8 Å². The first-order chi connectivity index (χ1) is 14.2. The number of amides is 2. The first-order valence-corrected chi connectivity index (χ1v) is 10.5. The van der Waals surface area contributed by atoms with Crippen molar-refractivity contribution in [1.29, 1.82) is 0 Å². The number of hydrogen-bond acceptors (Lipinski definition) is 3. The number of nitrogens with one attached hydrogen (secondary N) is 1. The third-order valence-corrected chi connectivity index (χ3v) is 4.81. The van der Waals surface area contributed by atoms with E-state index in [0.29, 0.717) is 25.1 Å². The predicted molar refractivity (Wildman–Crippen MR) is 121 cm³/mol. The zero-order valence-corrected chi connectivity index (χ0v) is 18.8. The molecule has 162 valence electrons. The fourth-order valence-corrected chi connectivity index (χ4v) is 3.29. The molecule has 0 spiro atoms. The molecule has 5 nitrogen and oxygen atoms in total. The normalized spacial score (nSPS) is 12.2. The summed E-state index contributed by atoms with van der Waals surface area (Å²) in [7, 11) is 0. The average molecular weight is 411 g/mol. The lowest BCUT2D eigenvalue weighted by molar-refractivity contribution is -0.142. The van der Waals surface area contributed by atoms with Crippen LogP contribution in [0.25, 0.3) is 0 Å². The second-order valence-electron chi connectivity index (χ2n) is 8.54. The van der Waals surface area contributed by atoms with Crippen LogP contribution in [0.3, 0.4) is 0 Å². The molecule has 1 atom stereocenters. The van der Waals surface area contributed by atoms with Crippen molar-refractivity contribution in [1.82, 2.24) is 10.2 Å². The zero-order chi connectivity index (χ0) is 22.1. The van der Waals surface area contributed by atoms with E-state index in [4.69, 9.17) is 4.74 Å². The summed E-state index contributed by atoms with van der Waals surface area (Å²) in [6.45, 7) is 10.0. The molecule has 0 heterocycles. The fourth-order valence-electron chi connectivity index (χ4n) is 3.29. The highest BCUT2D eigenvalue weighted by molar-refractivity contribution is 5.88. The zero-order valence-electron chi connectivity index (χ0n) is 18.8. The number of para-hydroxylation sites is 1. The molecule has 0 aromatic heterocycles. The smallest absolute Gasteiger partial charge is 0.261 e. The van der Waals surface area contributed by atoms with E-state index in [0.717, 1.165) is 11.1 Å². The van der Waals surface area contributed by atoms with Gasteiger partial charge in [-0.2, -0.15) is 0 Å². The van der Waals surface area contributed by atoms with E-state index in [1.807, 2.05) is 89.2 Å². The minimum atomic E-state index is -0.541. The molecule has 2 aromatic rings. The van der Waals surface area contributed by atoms with Crippen molar-refractivity contribution in [2.24, 2.45) is 0 Å². The van der Waals surface area contributed by atoms with E-state index in [2.05, 4.69) is 5.32 Å². The van der Waals surface area contributed by atoms with Crippen molar-refractivity contribution >= 4 is 11.8 Å². The maximum absolute atomic E-state index is 13.1. The molecule has 1 unspecified atom stereocenters. The molecule has 0 bridgehead atoms. The van der Waals surface area contributed by atoms with Gasteiger partial charge in [-0.1, -0.05) is 55.5 Å². The Morgan fingerprint density at radius 3 is 2.27 bits per heavy atom. The van der Waals surface area contributed by atoms with Crippen LogP contribution < -0.4 is 10.1 Å². The van der Waals surface area contributed by atoms with Crippen molar-refractivity contribution in [3.63, 3.8) is 0 Å². The summed E-state index contributed by atoms with van der Waals surface area (Å²) in [5, 5.41) is 3.01. The van der Waals surface area contributed by atoms with Crippen LogP contribution in [-0.4, -0.2) is 41.4 Å².